The van der Waals surface area contributed by atoms with Gasteiger partial charge in [-0.25, -0.2) is 19.7 Å². The topological polar surface area (TPSA) is 127 Å². The van der Waals surface area contributed by atoms with Crippen LogP contribution in [0.1, 0.15) is 36.2 Å². The van der Waals surface area contributed by atoms with Crippen LogP contribution in [0.2, 0.25) is 5.02 Å². The molecular formula is C28H25Cl2N5O4S. The number of benzene rings is 2. The standard InChI is InChI=1S/C28H25Cl2N5O4S/c1-28(2,21-15-19(17-31)26(24(30)16-21)38-14-11-29)20-6-8-23(9-7-20)39-18-22-10-13-33-27(34-22)35-40(36,37)25-5-3-4-12-32-25/h3-10,12-13,15-16H,11,14,18H2,1-2H3,(H,33,34,35). The van der Waals surface area contributed by atoms with Crippen LogP contribution in [0.5, 0.6) is 11.5 Å². The molecule has 12 heteroatoms. The first-order valence-electron chi connectivity index (χ1n) is 12.1. The van der Waals surface area contributed by atoms with E-state index in [1.807, 2.05) is 38.1 Å². The quantitative estimate of drug-likeness (QED) is 0.217. The van der Waals surface area contributed by atoms with Crippen LogP contribution in [0, 0.1) is 11.3 Å². The van der Waals surface area contributed by atoms with Crippen LogP contribution in [0.15, 0.2) is 78.1 Å². The number of hydrogen-bond donors (Lipinski definition) is 1. The Morgan fingerprint density at radius 2 is 1.77 bits per heavy atom. The lowest BCUT2D eigenvalue weighted by atomic mass is 9.77. The number of halogens is 2. The van der Waals surface area contributed by atoms with Crippen molar-refractivity contribution in [2.45, 2.75) is 30.9 Å². The molecule has 9 nitrogen and oxygen atoms in total. The number of nitriles is 1. The van der Waals surface area contributed by atoms with Gasteiger partial charge in [0.15, 0.2) is 10.8 Å². The van der Waals surface area contributed by atoms with Crippen molar-refractivity contribution in [3.05, 3.63) is 100 Å². The molecule has 4 rings (SSSR count). The summed E-state index contributed by atoms with van der Waals surface area (Å²) in [6.45, 7) is 4.40. The van der Waals surface area contributed by atoms with E-state index in [1.165, 1.54) is 18.5 Å². The summed E-state index contributed by atoms with van der Waals surface area (Å²) in [6, 6.07) is 19.4. The number of aromatic nitrogens is 3. The van der Waals surface area contributed by atoms with Crippen molar-refractivity contribution in [1.82, 2.24) is 15.0 Å². The predicted molar refractivity (Wildman–Crippen MR) is 152 cm³/mol. The second-order valence-corrected chi connectivity index (χ2v) is 11.5. The molecule has 0 spiro atoms. The van der Waals surface area contributed by atoms with Gasteiger partial charge in [-0.3, -0.25) is 0 Å². The summed E-state index contributed by atoms with van der Waals surface area (Å²) in [5.74, 6) is 1.12. The molecule has 0 aliphatic heterocycles. The molecule has 2 aromatic heterocycles. The van der Waals surface area contributed by atoms with Gasteiger partial charge in [-0.05, 0) is 53.6 Å². The van der Waals surface area contributed by atoms with E-state index in [0.717, 1.165) is 11.1 Å². The number of sulfonamides is 1. The Bertz CT molecular complexity index is 1630. The van der Waals surface area contributed by atoms with Gasteiger partial charge in [0.25, 0.3) is 10.0 Å². The summed E-state index contributed by atoms with van der Waals surface area (Å²) < 4.78 is 38.8. The van der Waals surface area contributed by atoms with Gasteiger partial charge < -0.3 is 9.47 Å². The largest absolute Gasteiger partial charge is 0.489 e. The van der Waals surface area contributed by atoms with Gasteiger partial charge in [0.1, 0.15) is 25.0 Å². The summed E-state index contributed by atoms with van der Waals surface area (Å²) in [5, 5.41) is 9.85. The number of hydrogen-bond acceptors (Lipinski definition) is 8. The van der Waals surface area contributed by atoms with E-state index < -0.39 is 15.4 Å². The van der Waals surface area contributed by atoms with Crippen LogP contribution in [-0.4, -0.2) is 35.9 Å². The molecule has 1 N–H and O–H groups in total. The fourth-order valence-corrected chi connectivity index (χ4v) is 5.07. The molecule has 2 aromatic carbocycles. The molecule has 0 saturated heterocycles. The van der Waals surface area contributed by atoms with Crippen LogP contribution >= 0.6 is 23.2 Å². The third-order valence-electron chi connectivity index (χ3n) is 6.02. The molecule has 0 amide bonds. The Hall–Kier alpha value is -3.91. The fraction of sp³-hybridized carbons (Fsp3) is 0.214. The maximum Gasteiger partial charge on any atom is 0.281 e. The molecule has 40 heavy (non-hydrogen) atoms. The van der Waals surface area contributed by atoms with Crippen molar-refractivity contribution >= 4 is 39.2 Å². The smallest absolute Gasteiger partial charge is 0.281 e. The maximum atomic E-state index is 12.5. The van der Waals surface area contributed by atoms with Gasteiger partial charge in [0.05, 0.1) is 22.2 Å². The second kappa shape index (κ2) is 12.5. The fourth-order valence-electron chi connectivity index (χ4n) is 3.82. The van der Waals surface area contributed by atoms with Crippen LogP contribution in [0.25, 0.3) is 0 Å². The first-order chi connectivity index (χ1) is 19.1. The lowest BCUT2D eigenvalue weighted by Gasteiger charge is -2.27. The van der Waals surface area contributed by atoms with Gasteiger partial charge in [-0.1, -0.05) is 43.6 Å². The van der Waals surface area contributed by atoms with Crippen molar-refractivity contribution in [2.24, 2.45) is 0 Å². The van der Waals surface area contributed by atoms with Crippen LogP contribution in [-0.2, 0) is 22.0 Å². The van der Waals surface area contributed by atoms with Crippen molar-refractivity contribution in [1.29, 1.82) is 5.26 Å². The first-order valence-corrected chi connectivity index (χ1v) is 14.5. The molecule has 206 valence electrons. The summed E-state index contributed by atoms with van der Waals surface area (Å²) >= 11 is 12.2. The zero-order valence-corrected chi connectivity index (χ0v) is 24.0. The maximum absolute atomic E-state index is 12.5. The third kappa shape index (κ3) is 6.80. The number of nitrogens with one attached hydrogen (secondary N) is 1. The molecule has 0 unspecified atom stereocenters. The zero-order chi connectivity index (χ0) is 28.8. The number of nitrogens with zero attached hydrogens (tertiary/aromatic N) is 4. The van der Waals surface area contributed by atoms with Gasteiger partial charge in [-0.15, -0.1) is 11.6 Å². The van der Waals surface area contributed by atoms with E-state index in [4.69, 9.17) is 32.7 Å². The highest BCUT2D eigenvalue weighted by atomic mass is 35.5. The highest BCUT2D eigenvalue weighted by Crippen LogP contribution is 2.38. The number of rotatable bonds is 11. The molecule has 0 bridgehead atoms. The normalized spacial score (nSPS) is 11.5. The monoisotopic (exact) mass is 597 g/mol. The van der Waals surface area contributed by atoms with Crippen LogP contribution in [0.3, 0.4) is 0 Å². The molecule has 0 aliphatic rings. The van der Waals surface area contributed by atoms with Crippen molar-refractivity contribution < 1.29 is 17.9 Å². The summed E-state index contributed by atoms with van der Waals surface area (Å²) in [5.41, 5.74) is 2.16. The Labute approximate surface area is 242 Å². The number of alkyl halides is 1. The van der Waals surface area contributed by atoms with E-state index in [2.05, 4.69) is 25.7 Å². The molecule has 0 atom stereocenters. The van der Waals surface area contributed by atoms with Gasteiger partial charge in [0.2, 0.25) is 5.95 Å². The Morgan fingerprint density at radius 1 is 1.00 bits per heavy atom. The average Bonchev–Trinajstić information content (AvgIpc) is 2.95. The molecular weight excluding hydrogens is 573 g/mol. The van der Waals surface area contributed by atoms with Gasteiger partial charge in [0, 0.05) is 17.8 Å². The Kier molecular flexibility index (Phi) is 9.10. The summed E-state index contributed by atoms with van der Waals surface area (Å²) in [7, 11) is -3.92. The van der Waals surface area contributed by atoms with Gasteiger partial charge in [-0.2, -0.15) is 13.7 Å². The highest BCUT2D eigenvalue weighted by Gasteiger charge is 2.26. The zero-order valence-electron chi connectivity index (χ0n) is 21.6. The number of ether oxygens (including phenoxy) is 2. The molecule has 4 aromatic rings. The Morgan fingerprint density at radius 3 is 2.45 bits per heavy atom. The minimum absolute atomic E-state index is 0.0849. The molecule has 0 fully saturated rings. The van der Waals surface area contributed by atoms with Crippen molar-refractivity contribution in [2.75, 3.05) is 17.2 Å². The summed E-state index contributed by atoms with van der Waals surface area (Å²) in [4.78, 5) is 12.1. The summed E-state index contributed by atoms with van der Waals surface area (Å²) in [6.07, 6.45) is 2.83. The second-order valence-electron chi connectivity index (χ2n) is 9.07. The minimum atomic E-state index is -3.92. The lowest BCUT2D eigenvalue weighted by Crippen LogP contribution is -2.19. The molecule has 0 aliphatic carbocycles. The van der Waals surface area contributed by atoms with Crippen LogP contribution < -0.4 is 14.2 Å². The third-order valence-corrected chi connectivity index (χ3v) is 7.70. The van der Waals surface area contributed by atoms with Crippen molar-refractivity contribution in [3.63, 3.8) is 0 Å². The van der Waals surface area contributed by atoms with E-state index >= 15 is 0 Å². The highest BCUT2D eigenvalue weighted by molar-refractivity contribution is 7.92. The van der Waals surface area contributed by atoms with E-state index in [-0.39, 0.29) is 30.1 Å². The van der Waals surface area contributed by atoms with Gasteiger partial charge >= 0.3 is 0 Å². The minimum Gasteiger partial charge on any atom is -0.489 e. The first kappa shape index (κ1) is 29.1. The van der Waals surface area contributed by atoms with E-state index in [0.29, 0.717) is 27.8 Å². The average molecular weight is 599 g/mol. The SMILES string of the molecule is CC(C)(c1ccc(OCc2ccnc(NS(=O)(=O)c3ccccn3)n2)cc1)c1cc(Cl)c(OCCCl)c(C#N)c1. The molecule has 2 heterocycles. The molecule has 0 saturated carbocycles. The predicted octanol–water partition coefficient (Wildman–Crippen LogP) is 5.72. The molecule has 0 radical (unpaired) electrons. The lowest BCUT2D eigenvalue weighted by molar-refractivity contribution is 0.301. The Balaban J connectivity index is 1.45. The number of pyridine rings is 1. The number of anilines is 1. The van der Waals surface area contributed by atoms with E-state index in [1.54, 1.807) is 30.3 Å². The van der Waals surface area contributed by atoms with Crippen LogP contribution in [0.4, 0.5) is 5.95 Å². The van der Waals surface area contributed by atoms with Crippen molar-refractivity contribution in [3.8, 4) is 17.6 Å². The van der Waals surface area contributed by atoms with E-state index in [9.17, 15) is 13.7 Å².